The van der Waals surface area contributed by atoms with Crippen LogP contribution in [-0.4, -0.2) is 21.4 Å². The fraction of sp³-hybridized carbons (Fsp3) is 0.133. The van der Waals surface area contributed by atoms with E-state index in [1.54, 1.807) is 13.0 Å². The third kappa shape index (κ3) is 2.43. The third-order valence-corrected chi connectivity index (χ3v) is 3.21. The van der Waals surface area contributed by atoms with E-state index in [4.69, 9.17) is 4.74 Å². The number of rotatable bonds is 4. The number of hydrogen-bond donors (Lipinski definition) is 1. The number of ether oxygens (including phenoxy) is 1. The Labute approximate surface area is 119 Å². The van der Waals surface area contributed by atoms with Crippen molar-refractivity contribution in [3.8, 4) is 5.75 Å². The van der Waals surface area contributed by atoms with Crippen LogP contribution in [0.15, 0.2) is 41.0 Å². The van der Waals surface area contributed by atoms with Crippen LogP contribution in [-0.2, 0) is 6.61 Å². The molecule has 0 fully saturated rings. The first-order valence-electron chi connectivity index (χ1n) is 6.32. The van der Waals surface area contributed by atoms with Crippen molar-refractivity contribution < 1.29 is 19.3 Å². The van der Waals surface area contributed by atoms with Gasteiger partial charge in [0.05, 0.1) is 0 Å². The highest BCUT2D eigenvalue weighted by molar-refractivity contribution is 6.00. The summed E-state index contributed by atoms with van der Waals surface area (Å²) in [6, 6.07) is 10.7. The highest BCUT2D eigenvalue weighted by Gasteiger charge is 2.16. The lowest BCUT2D eigenvalue weighted by Gasteiger charge is -2.11. The van der Waals surface area contributed by atoms with Crippen LogP contribution in [0.4, 0.5) is 0 Å². The van der Waals surface area contributed by atoms with Crippen molar-refractivity contribution in [2.24, 2.45) is 0 Å². The molecule has 0 atom stereocenters. The molecule has 1 aromatic heterocycles. The van der Waals surface area contributed by atoms with E-state index in [1.165, 1.54) is 6.07 Å². The fourth-order valence-electron chi connectivity index (χ4n) is 2.09. The number of carboxylic acids is 1. The summed E-state index contributed by atoms with van der Waals surface area (Å²) in [5, 5.41) is 18.4. The number of aryl methyl sites for hydroxylation is 1. The zero-order valence-corrected chi connectivity index (χ0v) is 11.2. The SMILES string of the molecule is Cc1nonc1COc1c(C(=O)O)ccc2ccccc12. The van der Waals surface area contributed by atoms with E-state index in [0.717, 1.165) is 10.8 Å². The predicted molar refractivity (Wildman–Crippen MR) is 74.3 cm³/mol. The summed E-state index contributed by atoms with van der Waals surface area (Å²) in [7, 11) is 0. The average molecular weight is 284 g/mol. The Kier molecular flexibility index (Phi) is 3.27. The first-order valence-corrected chi connectivity index (χ1v) is 6.32. The first-order chi connectivity index (χ1) is 10.2. The minimum atomic E-state index is -1.04. The number of hydrogen-bond acceptors (Lipinski definition) is 5. The molecular formula is C15H12N2O4. The number of fused-ring (bicyclic) bond motifs is 1. The van der Waals surface area contributed by atoms with E-state index in [9.17, 15) is 9.90 Å². The standard InChI is InChI=1S/C15H12N2O4/c1-9-13(17-21-16-9)8-20-14-11-5-3-2-4-10(11)6-7-12(14)15(18)19/h2-7H,8H2,1H3,(H,18,19). The Bertz CT molecular complexity index is 810. The van der Waals surface area contributed by atoms with Gasteiger partial charge in [-0.2, -0.15) is 0 Å². The van der Waals surface area contributed by atoms with Crippen molar-refractivity contribution in [1.29, 1.82) is 0 Å². The minimum Gasteiger partial charge on any atom is -0.486 e. The van der Waals surface area contributed by atoms with E-state index in [2.05, 4.69) is 14.9 Å². The van der Waals surface area contributed by atoms with Gasteiger partial charge in [-0.25, -0.2) is 9.42 Å². The summed E-state index contributed by atoms with van der Waals surface area (Å²) >= 11 is 0. The lowest BCUT2D eigenvalue weighted by molar-refractivity contribution is 0.0692. The lowest BCUT2D eigenvalue weighted by Crippen LogP contribution is -2.05. The Morgan fingerprint density at radius 2 is 2.05 bits per heavy atom. The van der Waals surface area contributed by atoms with Crippen molar-refractivity contribution in [2.75, 3.05) is 0 Å². The molecule has 6 nitrogen and oxygen atoms in total. The molecule has 0 aliphatic rings. The van der Waals surface area contributed by atoms with E-state index in [0.29, 0.717) is 17.1 Å². The quantitative estimate of drug-likeness (QED) is 0.792. The molecule has 0 saturated heterocycles. The van der Waals surface area contributed by atoms with Gasteiger partial charge in [0.2, 0.25) is 0 Å². The van der Waals surface area contributed by atoms with Gasteiger partial charge in [0.25, 0.3) is 0 Å². The highest BCUT2D eigenvalue weighted by atomic mass is 16.6. The highest BCUT2D eigenvalue weighted by Crippen LogP contribution is 2.30. The number of benzene rings is 2. The van der Waals surface area contributed by atoms with Gasteiger partial charge < -0.3 is 9.84 Å². The van der Waals surface area contributed by atoms with Crippen LogP contribution >= 0.6 is 0 Å². The summed E-state index contributed by atoms with van der Waals surface area (Å²) in [5.74, 6) is -0.714. The van der Waals surface area contributed by atoms with Crippen molar-refractivity contribution in [3.63, 3.8) is 0 Å². The summed E-state index contributed by atoms with van der Waals surface area (Å²) in [6.07, 6.45) is 0. The van der Waals surface area contributed by atoms with Crippen molar-refractivity contribution in [2.45, 2.75) is 13.5 Å². The maximum absolute atomic E-state index is 11.4. The van der Waals surface area contributed by atoms with Crippen LogP contribution in [0, 0.1) is 6.92 Å². The van der Waals surface area contributed by atoms with E-state index in [1.807, 2.05) is 24.3 Å². The topological polar surface area (TPSA) is 85.5 Å². The Morgan fingerprint density at radius 1 is 1.24 bits per heavy atom. The zero-order valence-electron chi connectivity index (χ0n) is 11.2. The molecule has 2 aromatic carbocycles. The maximum Gasteiger partial charge on any atom is 0.339 e. The van der Waals surface area contributed by atoms with Crippen LogP contribution in [0.25, 0.3) is 10.8 Å². The number of carbonyl (C=O) groups is 1. The average Bonchev–Trinajstić information content (AvgIpc) is 2.89. The molecular weight excluding hydrogens is 272 g/mol. The van der Waals surface area contributed by atoms with Gasteiger partial charge >= 0.3 is 5.97 Å². The minimum absolute atomic E-state index is 0.101. The van der Waals surface area contributed by atoms with E-state index < -0.39 is 5.97 Å². The zero-order chi connectivity index (χ0) is 14.8. The van der Waals surface area contributed by atoms with Gasteiger partial charge in [0.15, 0.2) is 0 Å². The second-order valence-electron chi connectivity index (χ2n) is 4.55. The van der Waals surface area contributed by atoms with E-state index in [-0.39, 0.29) is 12.2 Å². The van der Waals surface area contributed by atoms with Crippen LogP contribution in [0.1, 0.15) is 21.7 Å². The second-order valence-corrected chi connectivity index (χ2v) is 4.55. The van der Waals surface area contributed by atoms with Gasteiger partial charge in [0, 0.05) is 5.39 Å². The fourth-order valence-corrected chi connectivity index (χ4v) is 2.09. The summed E-state index contributed by atoms with van der Waals surface area (Å²) in [5.41, 5.74) is 1.27. The molecule has 0 aliphatic heterocycles. The monoisotopic (exact) mass is 284 g/mol. The van der Waals surface area contributed by atoms with E-state index >= 15 is 0 Å². The largest absolute Gasteiger partial charge is 0.486 e. The van der Waals surface area contributed by atoms with Crippen LogP contribution < -0.4 is 4.74 Å². The number of aromatic nitrogens is 2. The van der Waals surface area contributed by atoms with Gasteiger partial charge in [-0.15, -0.1) is 0 Å². The summed E-state index contributed by atoms with van der Waals surface area (Å²) < 4.78 is 10.3. The molecule has 0 aliphatic carbocycles. The van der Waals surface area contributed by atoms with Crippen LogP contribution in [0.5, 0.6) is 5.75 Å². The summed E-state index contributed by atoms with van der Waals surface area (Å²) in [4.78, 5) is 11.4. The van der Waals surface area contributed by atoms with Gasteiger partial charge in [-0.3, -0.25) is 0 Å². The molecule has 0 amide bonds. The molecule has 0 saturated carbocycles. The lowest BCUT2D eigenvalue weighted by atomic mass is 10.1. The molecule has 0 bridgehead atoms. The Hall–Kier alpha value is -2.89. The second kappa shape index (κ2) is 5.24. The van der Waals surface area contributed by atoms with Gasteiger partial charge in [-0.1, -0.05) is 40.6 Å². The Balaban J connectivity index is 2.04. The maximum atomic E-state index is 11.4. The molecule has 0 spiro atoms. The molecule has 3 aromatic rings. The van der Waals surface area contributed by atoms with Crippen molar-refractivity contribution in [1.82, 2.24) is 10.3 Å². The van der Waals surface area contributed by atoms with Crippen molar-refractivity contribution >= 4 is 16.7 Å². The molecule has 106 valence electrons. The van der Waals surface area contributed by atoms with Crippen LogP contribution in [0.2, 0.25) is 0 Å². The molecule has 1 heterocycles. The molecule has 3 rings (SSSR count). The normalized spacial score (nSPS) is 10.7. The number of carboxylic acid groups (broad SMARTS) is 1. The Morgan fingerprint density at radius 3 is 2.76 bits per heavy atom. The number of nitrogens with zero attached hydrogens (tertiary/aromatic N) is 2. The molecule has 0 radical (unpaired) electrons. The first kappa shape index (κ1) is 13.1. The number of aromatic carboxylic acids is 1. The molecule has 6 heteroatoms. The third-order valence-electron chi connectivity index (χ3n) is 3.21. The van der Waals surface area contributed by atoms with Gasteiger partial charge in [0.1, 0.15) is 29.3 Å². The van der Waals surface area contributed by atoms with Crippen molar-refractivity contribution in [3.05, 3.63) is 53.3 Å². The molecule has 0 unspecified atom stereocenters. The summed E-state index contributed by atoms with van der Waals surface area (Å²) in [6.45, 7) is 1.85. The van der Waals surface area contributed by atoms with Crippen LogP contribution in [0.3, 0.4) is 0 Å². The molecule has 21 heavy (non-hydrogen) atoms. The molecule has 1 N–H and O–H groups in total. The van der Waals surface area contributed by atoms with Gasteiger partial charge in [-0.05, 0) is 18.4 Å². The smallest absolute Gasteiger partial charge is 0.339 e. The predicted octanol–water partition coefficient (Wildman–Crippen LogP) is 2.81.